The maximum atomic E-state index is 12.5. The number of amides is 1. The topological polar surface area (TPSA) is 67.4 Å². The van der Waals surface area contributed by atoms with Crippen LogP contribution in [0.2, 0.25) is 0 Å². The monoisotopic (exact) mass is 385 g/mol. The zero-order valence-electron chi connectivity index (χ0n) is 15.7. The molecular formula is C20H23N3O3S. The van der Waals surface area contributed by atoms with Crippen molar-refractivity contribution in [3.8, 4) is 11.5 Å². The maximum absolute atomic E-state index is 12.5. The van der Waals surface area contributed by atoms with Gasteiger partial charge in [-0.25, -0.2) is 4.98 Å². The average molecular weight is 385 g/mol. The number of imidazole rings is 1. The maximum Gasteiger partial charge on any atom is 0.233 e. The minimum Gasteiger partial charge on any atom is -0.496 e. The number of H-pyrrole nitrogens is 1. The highest BCUT2D eigenvalue weighted by atomic mass is 32.2. The molecule has 7 heteroatoms. The molecule has 0 bridgehead atoms. The summed E-state index contributed by atoms with van der Waals surface area (Å²) in [5.41, 5.74) is 2.74. The van der Waals surface area contributed by atoms with Crippen molar-refractivity contribution >= 4 is 28.7 Å². The molecule has 1 amide bonds. The van der Waals surface area contributed by atoms with Gasteiger partial charge in [-0.15, -0.1) is 0 Å². The van der Waals surface area contributed by atoms with Crippen LogP contribution in [0.25, 0.3) is 11.0 Å². The van der Waals surface area contributed by atoms with Crippen LogP contribution in [0.4, 0.5) is 0 Å². The Morgan fingerprint density at radius 1 is 1.26 bits per heavy atom. The molecule has 2 aromatic carbocycles. The number of thioether (sulfide) groups is 1. The van der Waals surface area contributed by atoms with E-state index >= 15 is 0 Å². The third kappa shape index (κ3) is 4.74. The Morgan fingerprint density at radius 3 is 2.85 bits per heavy atom. The van der Waals surface area contributed by atoms with Crippen LogP contribution >= 0.6 is 11.8 Å². The zero-order valence-corrected chi connectivity index (χ0v) is 16.5. The van der Waals surface area contributed by atoms with Crippen LogP contribution in [0.3, 0.4) is 0 Å². The van der Waals surface area contributed by atoms with Gasteiger partial charge in [0.1, 0.15) is 11.5 Å². The van der Waals surface area contributed by atoms with Gasteiger partial charge >= 0.3 is 0 Å². The predicted molar refractivity (Wildman–Crippen MR) is 107 cm³/mol. The Kier molecular flexibility index (Phi) is 6.24. The van der Waals surface area contributed by atoms with Crippen molar-refractivity contribution in [3.63, 3.8) is 0 Å². The highest BCUT2D eigenvalue weighted by molar-refractivity contribution is 7.99. The third-order valence-electron chi connectivity index (χ3n) is 4.10. The molecule has 1 aromatic heterocycles. The minimum absolute atomic E-state index is 0.0290. The average Bonchev–Trinajstić information content (AvgIpc) is 3.09. The number of hydrogen-bond donors (Lipinski definition) is 1. The van der Waals surface area contributed by atoms with Crippen LogP contribution in [0.1, 0.15) is 12.5 Å². The molecule has 3 rings (SSSR count). The molecular weight excluding hydrogens is 362 g/mol. The van der Waals surface area contributed by atoms with Crippen molar-refractivity contribution in [3.05, 3.63) is 48.0 Å². The fourth-order valence-electron chi connectivity index (χ4n) is 2.71. The quantitative estimate of drug-likeness (QED) is 0.599. The van der Waals surface area contributed by atoms with E-state index in [0.29, 0.717) is 18.9 Å². The summed E-state index contributed by atoms with van der Waals surface area (Å²) >= 11 is 1.39. The number of para-hydroxylation sites is 1. The van der Waals surface area contributed by atoms with Crippen LogP contribution in [-0.2, 0) is 11.3 Å². The van der Waals surface area contributed by atoms with Gasteiger partial charge in [-0.2, -0.15) is 0 Å². The van der Waals surface area contributed by atoms with Crippen LogP contribution < -0.4 is 9.47 Å². The summed E-state index contributed by atoms with van der Waals surface area (Å²) in [6, 6.07) is 13.4. The van der Waals surface area contributed by atoms with E-state index < -0.39 is 0 Å². The van der Waals surface area contributed by atoms with Crippen LogP contribution in [0.5, 0.6) is 11.5 Å². The molecule has 0 aliphatic carbocycles. The Bertz CT molecular complexity index is 926. The lowest BCUT2D eigenvalue weighted by molar-refractivity contribution is -0.127. The zero-order chi connectivity index (χ0) is 19.2. The second kappa shape index (κ2) is 8.81. The molecule has 0 unspecified atom stereocenters. The van der Waals surface area contributed by atoms with Crippen LogP contribution in [-0.4, -0.2) is 47.3 Å². The molecule has 0 saturated heterocycles. The Balaban J connectivity index is 1.60. The molecule has 1 N–H and O–H groups in total. The first-order valence-electron chi connectivity index (χ1n) is 8.72. The van der Waals surface area contributed by atoms with Gasteiger partial charge in [-0.1, -0.05) is 30.0 Å². The van der Waals surface area contributed by atoms with E-state index in [1.165, 1.54) is 11.8 Å². The highest BCUT2D eigenvalue weighted by Crippen LogP contribution is 2.24. The fourth-order valence-corrected chi connectivity index (χ4v) is 3.53. The molecule has 0 fully saturated rings. The molecule has 27 heavy (non-hydrogen) atoms. The highest BCUT2D eigenvalue weighted by Gasteiger charge is 2.14. The number of carbonyl (C=O) groups is 1. The smallest absolute Gasteiger partial charge is 0.233 e. The lowest BCUT2D eigenvalue weighted by Gasteiger charge is -2.18. The Labute approximate surface area is 162 Å². The molecule has 6 nitrogen and oxygen atoms in total. The predicted octanol–water partition coefficient (Wildman–Crippen LogP) is 3.72. The van der Waals surface area contributed by atoms with Gasteiger partial charge in [0.2, 0.25) is 5.91 Å². The van der Waals surface area contributed by atoms with Crippen molar-refractivity contribution in [2.24, 2.45) is 0 Å². The lowest BCUT2D eigenvalue weighted by Crippen LogP contribution is -2.28. The van der Waals surface area contributed by atoms with E-state index in [0.717, 1.165) is 33.3 Å². The number of aromatic amines is 1. The van der Waals surface area contributed by atoms with Crippen molar-refractivity contribution in [1.82, 2.24) is 14.9 Å². The third-order valence-corrected chi connectivity index (χ3v) is 4.96. The van der Waals surface area contributed by atoms with Gasteiger partial charge < -0.3 is 19.4 Å². The summed E-state index contributed by atoms with van der Waals surface area (Å²) in [4.78, 5) is 21.9. The number of hydrogen-bond acceptors (Lipinski definition) is 5. The normalized spacial score (nSPS) is 10.8. The summed E-state index contributed by atoms with van der Waals surface area (Å²) in [6.45, 7) is 3.07. The van der Waals surface area contributed by atoms with Crippen molar-refractivity contribution in [2.75, 3.05) is 26.5 Å². The number of benzene rings is 2. The summed E-state index contributed by atoms with van der Waals surface area (Å²) in [7, 11) is 3.43. The number of ether oxygens (including phenoxy) is 2. The van der Waals surface area contributed by atoms with Crippen LogP contribution in [0, 0.1) is 0 Å². The molecule has 142 valence electrons. The second-order valence-corrected chi connectivity index (χ2v) is 6.97. The first kappa shape index (κ1) is 19.1. The van der Waals surface area contributed by atoms with Gasteiger partial charge in [0.25, 0.3) is 0 Å². The van der Waals surface area contributed by atoms with E-state index in [1.807, 2.05) is 49.4 Å². The van der Waals surface area contributed by atoms with E-state index in [4.69, 9.17) is 9.47 Å². The van der Waals surface area contributed by atoms with E-state index in [1.54, 1.807) is 19.1 Å². The largest absolute Gasteiger partial charge is 0.496 e. The SMILES string of the molecule is CCOc1ccc2nc(SCC(=O)N(C)Cc3ccccc3OC)[nH]c2c1. The fraction of sp³-hybridized carbons (Fsp3) is 0.300. The lowest BCUT2D eigenvalue weighted by atomic mass is 10.2. The van der Waals surface area contributed by atoms with Crippen molar-refractivity contribution < 1.29 is 14.3 Å². The Hall–Kier alpha value is -2.67. The number of nitrogens with zero attached hydrogens (tertiary/aromatic N) is 2. The second-order valence-electron chi connectivity index (χ2n) is 6.00. The van der Waals surface area contributed by atoms with Crippen molar-refractivity contribution in [1.29, 1.82) is 0 Å². The molecule has 0 radical (unpaired) electrons. The standard InChI is InChI=1S/C20H23N3O3S/c1-4-26-15-9-10-16-17(11-15)22-20(21-16)27-13-19(24)23(2)12-14-7-5-6-8-18(14)25-3/h5-11H,4,12-13H2,1-3H3,(H,21,22). The first-order chi connectivity index (χ1) is 13.1. The van der Waals surface area contributed by atoms with Gasteiger partial charge in [0.05, 0.1) is 30.5 Å². The van der Waals surface area contributed by atoms with Gasteiger partial charge in [-0.05, 0) is 25.1 Å². The number of fused-ring (bicyclic) bond motifs is 1. The summed E-state index contributed by atoms with van der Waals surface area (Å²) in [5, 5.41) is 0.720. The molecule has 1 heterocycles. The number of methoxy groups -OCH3 is 1. The van der Waals surface area contributed by atoms with Gasteiger partial charge in [0.15, 0.2) is 5.16 Å². The summed E-state index contributed by atoms with van der Waals surface area (Å²) < 4.78 is 10.9. The van der Waals surface area contributed by atoms with Crippen LogP contribution in [0.15, 0.2) is 47.6 Å². The minimum atomic E-state index is 0.0290. The van der Waals surface area contributed by atoms with Gasteiger partial charge in [-0.3, -0.25) is 4.79 Å². The summed E-state index contributed by atoms with van der Waals surface area (Å²) in [6.07, 6.45) is 0. The first-order valence-corrected chi connectivity index (χ1v) is 9.70. The molecule has 0 spiro atoms. The molecule has 3 aromatic rings. The molecule has 0 aliphatic rings. The van der Waals surface area contributed by atoms with Gasteiger partial charge in [0, 0.05) is 25.2 Å². The molecule has 0 atom stereocenters. The number of rotatable bonds is 8. The number of nitrogens with one attached hydrogen (secondary N) is 1. The number of aromatic nitrogens is 2. The van der Waals surface area contributed by atoms with Crippen molar-refractivity contribution in [2.45, 2.75) is 18.6 Å². The Morgan fingerprint density at radius 2 is 2.07 bits per heavy atom. The molecule has 0 aliphatic heterocycles. The van der Waals surface area contributed by atoms with E-state index in [2.05, 4.69) is 9.97 Å². The summed E-state index contributed by atoms with van der Waals surface area (Å²) in [5.74, 6) is 1.93. The number of carbonyl (C=O) groups excluding carboxylic acids is 1. The van der Waals surface area contributed by atoms with E-state index in [9.17, 15) is 4.79 Å². The molecule has 0 saturated carbocycles. The van der Waals surface area contributed by atoms with E-state index in [-0.39, 0.29) is 5.91 Å².